The summed E-state index contributed by atoms with van der Waals surface area (Å²) in [6, 6.07) is 14.5. The largest absolute Gasteiger partial charge is 0.490 e. The summed E-state index contributed by atoms with van der Waals surface area (Å²) in [7, 11) is 0. The van der Waals surface area contributed by atoms with Gasteiger partial charge in [0.2, 0.25) is 0 Å². The molecule has 1 fully saturated rings. The van der Waals surface area contributed by atoms with E-state index in [1.54, 1.807) is 24.3 Å². The van der Waals surface area contributed by atoms with E-state index in [1.807, 2.05) is 31.2 Å². The van der Waals surface area contributed by atoms with Gasteiger partial charge in [0.1, 0.15) is 11.5 Å². The first-order valence-electron chi connectivity index (χ1n) is 9.14. The maximum atomic E-state index is 12.5. The predicted molar refractivity (Wildman–Crippen MR) is 104 cm³/mol. The van der Waals surface area contributed by atoms with Crippen molar-refractivity contribution in [1.82, 2.24) is 0 Å². The van der Waals surface area contributed by atoms with Gasteiger partial charge in [0.05, 0.1) is 6.10 Å². The summed E-state index contributed by atoms with van der Waals surface area (Å²) in [6.07, 6.45) is 5.06. The summed E-state index contributed by atoms with van der Waals surface area (Å²) in [6.45, 7) is 1.92. The summed E-state index contributed by atoms with van der Waals surface area (Å²) >= 11 is 5.87. The molecule has 1 aliphatic rings. The monoisotopic (exact) mass is 373 g/mol. The lowest BCUT2D eigenvalue weighted by Gasteiger charge is -2.18. The van der Waals surface area contributed by atoms with Gasteiger partial charge in [-0.1, -0.05) is 18.5 Å². The minimum Gasteiger partial charge on any atom is -0.490 e. The Bertz CT molecular complexity index is 709. The Morgan fingerprint density at radius 1 is 1.08 bits per heavy atom. The minimum absolute atomic E-state index is 0.174. The number of anilines is 1. The molecule has 1 saturated carbocycles. The zero-order valence-corrected chi connectivity index (χ0v) is 15.7. The average molecular weight is 374 g/mol. The molecule has 0 unspecified atom stereocenters. The number of rotatable bonds is 7. The van der Waals surface area contributed by atoms with E-state index in [1.165, 1.54) is 12.8 Å². The number of nitrogens with one attached hydrogen (secondary N) is 1. The van der Waals surface area contributed by atoms with Gasteiger partial charge >= 0.3 is 0 Å². The SMILES string of the molecule is CC[C@@H](Oc1ccc(Cl)cc1)C(=O)Nc1ccc(OC2CCCC2)cc1. The van der Waals surface area contributed by atoms with Crippen LogP contribution in [0.2, 0.25) is 5.02 Å². The van der Waals surface area contributed by atoms with E-state index in [-0.39, 0.29) is 5.91 Å². The van der Waals surface area contributed by atoms with Crippen molar-refractivity contribution in [3.05, 3.63) is 53.6 Å². The molecule has 26 heavy (non-hydrogen) atoms. The van der Waals surface area contributed by atoms with E-state index >= 15 is 0 Å². The fourth-order valence-electron chi connectivity index (χ4n) is 3.04. The number of carbonyl (C=O) groups is 1. The van der Waals surface area contributed by atoms with Crippen LogP contribution in [-0.2, 0) is 4.79 Å². The lowest BCUT2D eigenvalue weighted by atomic mass is 10.2. The van der Waals surface area contributed by atoms with Crippen molar-refractivity contribution < 1.29 is 14.3 Å². The number of hydrogen-bond acceptors (Lipinski definition) is 3. The van der Waals surface area contributed by atoms with Crippen LogP contribution in [-0.4, -0.2) is 18.1 Å². The average Bonchev–Trinajstić information content (AvgIpc) is 3.16. The van der Waals surface area contributed by atoms with Crippen LogP contribution in [0, 0.1) is 0 Å². The van der Waals surface area contributed by atoms with Gasteiger partial charge in [-0.25, -0.2) is 0 Å². The molecule has 1 atom stereocenters. The number of halogens is 1. The Balaban J connectivity index is 1.55. The second-order valence-electron chi connectivity index (χ2n) is 6.51. The molecule has 5 heteroatoms. The Labute approximate surface area is 159 Å². The van der Waals surface area contributed by atoms with Crippen molar-refractivity contribution in [1.29, 1.82) is 0 Å². The summed E-state index contributed by atoms with van der Waals surface area (Å²) in [4.78, 5) is 12.5. The third kappa shape index (κ3) is 5.15. The van der Waals surface area contributed by atoms with Gasteiger partial charge in [0.25, 0.3) is 5.91 Å². The zero-order valence-electron chi connectivity index (χ0n) is 14.9. The molecule has 0 spiro atoms. The van der Waals surface area contributed by atoms with Crippen molar-refractivity contribution >= 4 is 23.2 Å². The molecule has 1 N–H and O–H groups in total. The number of amides is 1. The van der Waals surface area contributed by atoms with E-state index in [2.05, 4.69) is 5.32 Å². The molecule has 0 heterocycles. The quantitative estimate of drug-likeness (QED) is 0.701. The van der Waals surface area contributed by atoms with Gasteiger partial charge in [-0.15, -0.1) is 0 Å². The molecular formula is C21H24ClNO3. The molecule has 0 aromatic heterocycles. The lowest BCUT2D eigenvalue weighted by molar-refractivity contribution is -0.122. The standard InChI is InChI=1S/C21H24ClNO3/c1-2-20(26-19-11-7-15(22)8-12-19)21(24)23-16-9-13-18(14-10-16)25-17-5-3-4-6-17/h7-14,17,20H,2-6H2,1H3,(H,23,24)/t20-/m1/s1. The number of carbonyl (C=O) groups excluding carboxylic acids is 1. The molecule has 0 saturated heterocycles. The normalized spacial score (nSPS) is 15.5. The van der Waals surface area contributed by atoms with E-state index < -0.39 is 6.10 Å². The van der Waals surface area contributed by atoms with Crippen LogP contribution in [0.3, 0.4) is 0 Å². The first-order chi connectivity index (χ1) is 12.6. The first-order valence-corrected chi connectivity index (χ1v) is 9.51. The first kappa shape index (κ1) is 18.6. The van der Waals surface area contributed by atoms with E-state index in [0.717, 1.165) is 24.3 Å². The molecule has 0 aliphatic heterocycles. The van der Waals surface area contributed by atoms with Crippen molar-refractivity contribution in [2.45, 2.75) is 51.2 Å². The van der Waals surface area contributed by atoms with Crippen LogP contribution in [0.5, 0.6) is 11.5 Å². The number of benzene rings is 2. The lowest BCUT2D eigenvalue weighted by Crippen LogP contribution is -2.32. The Hall–Kier alpha value is -2.20. The van der Waals surface area contributed by atoms with E-state index in [9.17, 15) is 4.79 Å². The Morgan fingerprint density at radius 3 is 2.31 bits per heavy atom. The molecule has 1 aliphatic carbocycles. The maximum absolute atomic E-state index is 12.5. The second kappa shape index (κ2) is 8.95. The van der Waals surface area contributed by atoms with Gasteiger partial charge in [-0.05, 0) is 80.6 Å². The van der Waals surface area contributed by atoms with Gasteiger partial charge in [0.15, 0.2) is 6.10 Å². The van der Waals surface area contributed by atoms with Crippen molar-refractivity contribution in [2.24, 2.45) is 0 Å². The minimum atomic E-state index is -0.564. The fraction of sp³-hybridized carbons (Fsp3) is 0.381. The smallest absolute Gasteiger partial charge is 0.265 e. The van der Waals surface area contributed by atoms with Crippen LogP contribution in [0.1, 0.15) is 39.0 Å². The molecule has 138 valence electrons. The highest BCUT2D eigenvalue weighted by molar-refractivity contribution is 6.30. The molecule has 2 aromatic carbocycles. The van der Waals surface area contributed by atoms with Crippen LogP contribution in [0.25, 0.3) is 0 Å². The van der Waals surface area contributed by atoms with Crippen molar-refractivity contribution in [3.8, 4) is 11.5 Å². The highest BCUT2D eigenvalue weighted by Gasteiger charge is 2.19. The van der Waals surface area contributed by atoms with E-state index in [4.69, 9.17) is 21.1 Å². The van der Waals surface area contributed by atoms with Gasteiger partial charge in [-0.2, -0.15) is 0 Å². The van der Waals surface area contributed by atoms with Crippen molar-refractivity contribution in [2.75, 3.05) is 5.32 Å². The molecule has 2 aromatic rings. The predicted octanol–water partition coefficient (Wildman–Crippen LogP) is 5.46. The molecular weight excluding hydrogens is 350 g/mol. The summed E-state index contributed by atoms with van der Waals surface area (Å²) in [5, 5.41) is 3.53. The molecule has 3 rings (SSSR count). The highest BCUT2D eigenvalue weighted by Crippen LogP contribution is 2.25. The third-order valence-corrected chi connectivity index (χ3v) is 4.73. The maximum Gasteiger partial charge on any atom is 0.265 e. The van der Waals surface area contributed by atoms with Gasteiger partial charge < -0.3 is 14.8 Å². The Morgan fingerprint density at radius 2 is 1.69 bits per heavy atom. The second-order valence-corrected chi connectivity index (χ2v) is 6.94. The summed E-state index contributed by atoms with van der Waals surface area (Å²) in [5.74, 6) is 1.29. The van der Waals surface area contributed by atoms with Crippen LogP contribution in [0.4, 0.5) is 5.69 Å². The zero-order chi connectivity index (χ0) is 18.4. The van der Waals surface area contributed by atoms with Crippen LogP contribution in [0.15, 0.2) is 48.5 Å². The fourth-order valence-corrected chi connectivity index (χ4v) is 3.16. The molecule has 0 bridgehead atoms. The topological polar surface area (TPSA) is 47.6 Å². The summed E-state index contributed by atoms with van der Waals surface area (Å²) in [5.41, 5.74) is 0.729. The number of hydrogen-bond donors (Lipinski definition) is 1. The highest BCUT2D eigenvalue weighted by atomic mass is 35.5. The molecule has 1 amide bonds. The summed E-state index contributed by atoms with van der Waals surface area (Å²) < 4.78 is 11.7. The van der Waals surface area contributed by atoms with Gasteiger partial charge in [-0.3, -0.25) is 4.79 Å². The number of ether oxygens (including phenoxy) is 2. The van der Waals surface area contributed by atoms with Crippen LogP contribution < -0.4 is 14.8 Å². The molecule has 4 nitrogen and oxygen atoms in total. The third-order valence-electron chi connectivity index (χ3n) is 4.48. The van der Waals surface area contributed by atoms with Gasteiger partial charge in [0, 0.05) is 10.7 Å². The molecule has 0 radical (unpaired) electrons. The van der Waals surface area contributed by atoms with Crippen LogP contribution >= 0.6 is 11.6 Å². The van der Waals surface area contributed by atoms with E-state index in [0.29, 0.717) is 23.3 Å². The van der Waals surface area contributed by atoms with Crippen molar-refractivity contribution in [3.63, 3.8) is 0 Å². The Kier molecular flexibility index (Phi) is 6.40.